The molecule has 0 saturated heterocycles. The number of carbonyl (C=O) groups is 2. The van der Waals surface area contributed by atoms with Crippen LogP contribution in [0.1, 0.15) is 41.8 Å². The molecule has 3 aromatic carbocycles. The van der Waals surface area contributed by atoms with Gasteiger partial charge < -0.3 is 20.4 Å². The Bertz CT molecular complexity index is 1320. The van der Waals surface area contributed by atoms with Crippen molar-refractivity contribution in [1.82, 2.24) is 10.3 Å². The predicted molar refractivity (Wildman–Crippen MR) is 167 cm³/mol. The molecule has 0 aliphatic rings. The van der Waals surface area contributed by atoms with E-state index in [9.17, 15) is 9.59 Å². The smallest absolute Gasteiger partial charge is 0.323 e. The molecule has 1 aromatic heterocycles. The number of aromatic nitrogens is 1. The van der Waals surface area contributed by atoms with Crippen molar-refractivity contribution in [2.24, 2.45) is 0 Å². The van der Waals surface area contributed by atoms with Crippen molar-refractivity contribution in [3.63, 3.8) is 0 Å². The third-order valence-corrected chi connectivity index (χ3v) is 7.43. The van der Waals surface area contributed by atoms with E-state index in [1.54, 1.807) is 12.1 Å². The summed E-state index contributed by atoms with van der Waals surface area (Å²) in [5, 5.41) is 7.29. The molecule has 0 spiro atoms. The molecule has 6 nitrogen and oxygen atoms in total. The van der Waals surface area contributed by atoms with Crippen LogP contribution in [-0.4, -0.2) is 33.9 Å². The molecule has 0 bridgehead atoms. The lowest BCUT2D eigenvalue weighted by Crippen LogP contribution is -2.39. The summed E-state index contributed by atoms with van der Waals surface area (Å²) in [4.78, 5) is 28.0. The number of esters is 1. The number of fused-ring (bicyclic) bond motifs is 1. The van der Waals surface area contributed by atoms with E-state index in [0.717, 1.165) is 30.4 Å². The number of carbonyl (C=O) groups excluding carboxylic acids is 2. The fourth-order valence-corrected chi connectivity index (χ4v) is 3.92. The lowest BCUT2D eigenvalue weighted by atomic mass is 10.0. The molecular formula is C30H33BrIN3O3. The molecule has 1 amide bonds. The Labute approximate surface area is 246 Å². The van der Waals surface area contributed by atoms with Gasteiger partial charge in [0, 0.05) is 49.7 Å². The number of methoxy groups -OCH3 is 1. The van der Waals surface area contributed by atoms with Crippen LogP contribution in [0.25, 0.3) is 10.9 Å². The van der Waals surface area contributed by atoms with Crippen LogP contribution in [0.15, 0.2) is 83.5 Å². The van der Waals surface area contributed by atoms with E-state index in [1.165, 1.54) is 13.5 Å². The maximum absolute atomic E-state index is 12.4. The van der Waals surface area contributed by atoms with Crippen molar-refractivity contribution in [3.05, 3.63) is 100 Å². The van der Waals surface area contributed by atoms with Crippen LogP contribution in [0.2, 0.25) is 0 Å². The number of hydrogen-bond acceptors (Lipinski definition) is 4. The number of para-hydroxylation sites is 1. The summed E-state index contributed by atoms with van der Waals surface area (Å²) < 4.78 is 6.79. The average molecular weight is 690 g/mol. The topological polar surface area (TPSA) is 83.2 Å². The van der Waals surface area contributed by atoms with Gasteiger partial charge in [0.2, 0.25) is 0 Å². The van der Waals surface area contributed by atoms with Gasteiger partial charge in [-0.3, -0.25) is 9.59 Å². The third kappa shape index (κ3) is 8.96. The highest BCUT2D eigenvalue weighted by atomic mass is 127. The van der Waals surface area contributed by atoms with Crippen molar-refractivity contribution in [1.29, 1.82) is 0 Å². The number of amides is 1. The molecule has 4 aromatic rings. The van der Waals surface area contributed by atoms with Gasteiger partial charge in [-0.25, -0.2) is 0 Å². The normalized spacial score (nSPS) is 12.2. The van der Waals surface area contributed by atoms with Crippen molar-refractivity contribution >= 4 is 67.0 Å². The van der Waals surface area contributed by atoms with E-state index in [-0.39, 0.29) is 11.9 Å². The van der Waals surface area contributed by atoms with Crippen LogP contribution in [0.5, 0.6) is 0 Å². The third-order valence-electron chi connectivity index (χ3n) is 6.02. The van der Waals surface area contributed by atoms with Gasteiger partial charge in [-0.2, -0.15) is 0 Å². The molecule has 3 N–H and O–H groups in total. The summed E-state index contributed by atoms with van der Waals surface area (Å²) in [6, 6.07) is 22.3. The molecular weight excluding hydrogens is 657 g/mol. The summed E-state index contributed by atoms with van der Waals surface area (Å²) in [6.45, 7) is 4.89. The first kappa shape index (κ1) is 29.9. The molecule has 200 valence electrons. The van der Waals surface area contributed by atoms with E-state index in [4.69, 9.17) is 4.74 Å². The van der Waals surface area contributed by atoms with Crippen LogP contribution >= 0.6 is 38.5 Å². The lowest BCUT2D eigenvalue weighted by Gasteiger charge is -2.16. The second-order valence-corrected chi connectivity index (χ2v) is 11.9. The molecule has 0 radical (unpaired) electrons. The van der Waals surface area contributed by atoms with Crippen molar-refractivity contribution in [2.45, 2.75) is 43.2 Å². The van der Waals surface area contributed by atoms with Crippen LogP contribution in [-0.2, 0) is 22.5 Å². The minimum atomic E-state index is -0.481. The van der Waals surface area contributed by atoms with Gasteiger partial charge in [-0.05, 0) is 60.0 Å². The van der Waals surface area contributed by atoms with E-state index in [0.29, 0.717) is 24.2 Å². The molecule has 2 unspecified atom stereocenters. The van der Waals surface area contributed by atoms with Crippen LogP contribution in [0.3, 0.4) is 0 Å². The number of hydrogen-bond donors (Lipinski definition) is 3. The Morgan fingerprint density at radius 3 is 2.32 bits per heavy atom. The fraction of sp³-hybridized carbons (Fsp3) is 0.267. The van der Waals surface area contributed by atoms with Gasteiger partial charge in [-0.15, -0.1) is 0 Å². The molecule has 1 heterocycles. The van der Waals surface area contributed by atoms with Crippen LogP contribution < -0.4 is 10.6 Å². The summed E-state index contributed by atoms with van der Waals surface area (Å²) in [5.74, 6) is -0.475. The zero-order valence-electron chi connectivity index (χ0n) is 21.8. The number of anilines is 1. The molecule has 8 heteroatoms. The molecule has 38 heavy (non-hydrogen) atoms. The molecule has 0 fully saturated rings. The first-order valence-electron chi connectivity index (χ1n) is 12.5. The highest BCUT2D eigenvalue weighted by Crippen LogP contribution is 2.20. The quantitative estimate of drug-likeness (QED) is 0.0981. The number of ether oxygens (including phenoxy) is 1. The number of alkyl halides is 1. The van der Waals surface area contributed by atoms with Gasteiger partial charge in [0.05, 0.1) is 7.11 Å². The number of halogens is 2. The Morgan fingerprint density at radius 2 is 1.68 bits per heavy atom. The van der Waals surface area contributed by atoms with E-state index in [2.05, 4.69) is 68.0 Å². The Hall–Kier alpha value is -2.69. The van der Waals surface area contributed by atoms with E-state index >= 15 is 0 Å². The second-order valence-electron chi connectivity index (χ2n) is 8.87. The lowest BCUT2D eigenvalue weighted by molar-refractivity contribution is -0.143. The zero-order valence-corrected chi connectivity index (χ0v) is 25.5. The standard InChI is InChI=1S/C26H24BrN3O3.C4H9I/c1-33-26(32)24(14-19-16-29-23-5-3-2-4-22(19)23)28-15-17-6-12-21(13-7-17)30-25(31)18-8-10-20(27)11-9-18;1-3-4(2)5/h2-13,16,24,28-29H,14-15H2,1H3,(H,30,31);4H,3H2,1-2H3. The van der Waals surface area contributed by atoms with Gasteiger partial charge in [0.25, 0.3) is 5.91 Å². The minimum Gasteiger partial charge on any atom is -0.468 e. The maximum Gasteiger partial charge on any atom is 0.323 e. The number of rotatable bonds is 9. The average Bonchev–Trinajstić information content (AvgIpc) is 3.34. The van der Waals surface area contributed by atoms with Crippen molar-refractivity contribution in [2.75, 3.05) is 12.4 Å². The van der Waals surface area contributed by atoms with Crippen molar-refractivity contribution in [3.8, 4) is 0 Å². The predicted octanol–water partition coefficient (Wildman–Crippen LogP) is 7.28. The Morgan fingerprint density at radius 1 is 1.03 bits per heavy atom. The Kier molecular flexibility index (Phi) is 11.8. The van der Waals surface area contributed by atoms with Crippen molar-refractivity contribution < 1.29 is 14.3 Å². The largest absolute Gasteiger partial charge is 0.468 e. The van der Waals surface area contributed by atoms with Crippen LogP contribution in [0.4, 0.5) is 5.69 Å². The summed E-state index contributed by atoms with van der Waals surface area (Å²) >= 11 is 5.77. The SMILES string of the molecule is CCC(C)I.COC(=O)C(Cc1c[nH]c2ccccc12)NCc1ccc(NC(=O)c2ccc(Br)cc2)cc1. The molecule has 0 aliphatic carbocycles. The van der Waals surface area contributed by atoms with Gasteiger partial charge >= 0.3 is 5.97 Å². The first-order chi connectivity index (χ1) is 18.3. The Balaban J connectivity index is 0.000000732. The number of H-pyrrole nitrogens is 1. The zero-order chi connectivity index (χ0) is 27.5. The van der Waals surface area contributed by atoms with Gasteiger partial charge in [0.1, 0.15) is 6.04 Å². The number of aromatic amines is 1. The minimum absolute atomic E-state index is 0.169. The summed E-state index contributed by atoms with van der Waals surface area (Å²) in [7, 11) is 1.40. The monoisotopic (exact) mass is 689 g/mol. The van der Waals surface area contributed by atoms with Crippen LogP contribution in [0, 0.1) is 0 Å². The highest BCUT2D eigenvalue weighted by Gasteiger charge is 2.20. The number of nitrogens with one attached hydrogen (secondary N) is 3. The molecule has 4 rings (SSSR count). The van der Waals surface area contributed by atoms with E-state index < -0.39 is 6.04 Å². The second kappa shape index (κ2) is 15.0. The molecule has 0 saturated carbocycles. The highest BCUT2D eigenvalue weighted by molar-refractivity contribution is 14.1. The van der Waals surface area contributed by atoms with Gasteiger partial charge in [-0.1, -0.05) is 82.7 Å². The first-order valence-corrected chi connectivity index (χ1v) is 14.5. The molecule has 0 aliphatic heterocycles. The summed E-state index contributed by atoms with van der Waals surface area (Å²) in [5.41, 5.74) is 4.37. The van der Waals surface area contributed by atoms with E-state index in [1.807, 2.05) is 66.9 Å². The number of benzene rings is 3. The fourth-order valence-electron chi connectivity index (χ4n) is 3.65. The summed E-state index contributed by atoms with van der Waals surface area (Å²) in [6.07, 6.45) is 3.74. The van der Waals surface area contributed by atoms with Gasteiger partial charge in [0.15, 0.2) is 0 Å². The maximum atomic E-state index is 12.4. The molecule has 2 atom stereocenters.